The first kappa shape index (κ1) is 15.6. The van der Waals surface area contributed by atoms with Gasteiger partial charge in [-0.15, -0.1) is 0 Å². The molecule has 110 valence electrons. The first-order valence-corrected chi connectivity index (χ1v) is 7.62. The van der Waals surface area contributed by atoms with Gasteiger partial charge in [0.2, 0.25) is 0 Å². The summed E-state index contributed by atoms with van der Waals surface area (Å²) in [6.45, 7) is 2.81. The van der Waals surface area contributed by atoms with E-state index in [1.807, 2.05) is 13.0 Å². The summed E-state index contributed by atoms with van der Waals surface area (Å²) in [7, 11) is 0. The predicted octanol–water partition coefficient (Wildman–Crippen LogP) is 4.62. The molecule has 0 aliphatic carbocycles. The summed E-state index contributed by atoms with van der Waals surface area (Å²) in [5.41, 5.74) is -0.0120. The number of rotatable bonds is 6. The molecule has 0 unspecified atom stereocenters. The molecular formula is C14H14ClN3O2S. The van der Waals surface area contributed by atoms with Crippen LogP contribution in [0.15, 0.2) is 46.3 Å². The smallest absolute Gasteiger partial charge is 0.301 e. The Hall–Kier alpha value is -1.79. The van der Waals surface area contributed by atoms with Gasteiger partial charge in [0, 0.05) is 22.5 Å². The summed E-state index contributed by atoms with van der Waals surface area (Å²) in [6, 6.07) is 10.2. The minimum absolute atomic E-state index is 0.0120. The second-order valence-corrected chi connectivity index (χ2v) is 5.76. The standard InChI is InChI=1S/C14H14ClN3O2S/c1-2-8-16-13-7-6-12(18(19)20)14(17-13)21-11-5-3-4-10(15)9-11/h3-7,9H,2,8H2,1H3,(H,16,17). The van der Waals surface area contributed by atoms with Gasteiger partial charge >= 0.3 is 5.69 Å². The summed E-state index contributed by atoms with van der Waals surface area (Å²) >= 11 is 7.16. The summed E-state index contributed by atoms with van der Waals surface area (Å²) in [4.78, 5) is 15.8. The van der Waals surface area contributed by atoms with Gasteiger partial charge in [0.05, 0.1) is 4.92 Å². The Balaban J connectivity index is 2.31. The van der Waals surface area contributed by atoms with Gasteiger partial charge < -0.3 is 5.32 Å². The van der Waals surface area contributed by atoms with Crippen molar-refractivity contribution >= 4 is 34.9 Å². The van der Waals surface area contributed by atoms with Crippen LogP contribution in [0.25, 0.3) is 0 Å². The Labute approximate surface area is 131 Å². The van der Waals surface area contributed by atoms with Gasteiger partial charge in [-0.1, -0.05) is 36.4 Å². The molecule has 0 radical (unpaired) electrons. The van der Waals surface area contributed by atoms with Gasteiger partial charge in [-0.2, -0.15) is 0 Å². The van der Waals surface area contributed by atoms with E-state index in [9.17, 15) is 10.1 Å². The van der Waals surface area contributed by atoms with Gasteiger partial charge in [-0.25, -0.2) is 4.98 Å². The number of nitrogens with zero attached hydrogens (tertiary/aromatic N) is 2. The van der Waals surface area contributed by atoms with Crippen molar-refractivity contribution in [3.63, 3.8) is 0 Å². The molecular weight excluding hydrogens is 310 g/mol. The predicted molar refractivity (Wildman–Crippen MR) is 85.2 cm³/mol. The zero-order valence-electron chi connectivity index (χ0n) is 11.4. The Kier molecular flexibility index (Phi) is 5.41. The van der Waals surface area contributed by atoms with E-state index < -0.39 is 4.92 Å². The van der Waals surface area contributed by atoms with Crippen LogP contribution in [0.3, 0.4) is 0 Å². The van der Waals surface area contributed by atoms with Crippen LogP contribution >= 0.6 is 23.4 Å². The average Bonchev–Trinajstić information content (AvgIpc) is 2.45. The van der Waals surface area contributed by atoms with Crippen LogP contribution in [0, 0.1) is 10.1 Å². The van der Waals surface area contributed by atoms with Crippen molar-refractivity contribution in [2.24, 2.45) is 0 Å². The molecule has 2 aromatic rings. The maximum absolute atomic E-state index is 11.1. The normalized spacial score (nSPS) is 10.4. The van der Waals surface area contributed by atoms with E-state index in [-0.39, 0.29) is 5.69 Å². The Bertz CT molecular complexity index is 652. The quantitative estimate of drug-likeness (QED) is 0.620. The van der Waals surface area contributed by atoms with Crippen molar-refractivity contribution in [1.82, 2.24) is 4.98 Å². The summed E-state index contributed by atoms with van der Waals surface area (Å²) in [6.07, 6.45) is 0.954. The van der Waals surface area contributed by atoms with Crippen molar-refractivity contribution in [3.05, 3.63) is 51.5 Å². The van der Waals surface area contributed by atoms with Crippen LogP contribution < -0.4 is 5.32 Å². The molecule has 0 fully saturated rings. The molecule has 5 nitrogen and oxygen atoms in total. The van der Waals surface area contributed by atoms with Crippen molar-refractivity contribution in [3.8, 4) is 0 Å². The number of nitro groups is 1. The third-order valence-corrected chi connectivity index (χ3v) is 3.82. The van der Waals surface area contributed by atoms with Crippen LogP contribution in [0.5, 0.6) is 0 Å². The summed E-state index contributed by atoms with van der Waals surface area (Å²) in [5.74, 6) is 0.631. The van der Waals surface area contributed by atoms with Gasteiger partial charge in [0.15, 0.2) is 5.03 Å². The maximum Gasteiger partial charge on any atom is 0.301 e. The van der Waals surface area contributed by atoms with Crippen LogP contribution in [0.4, 0.5) is 11.5 Å². The number of nitrogens with one attached hydrogen (secondary N) is 1. The van der Waals surface area contributed by atoms with E-state index in [4.69, 9.17) is 11.6 Å². The maximum atomic E-state index is 11.1. The van der Waals surface area contributed by atoms with Crippen molar-refractivity contribution in [2.45, 2.75) is 23.3 Å². The number of hydrogen-bond donors (Lipinski definition) is 1. The van der Waals surface area contributed by atoms with Crippen LogP contribution in [0.1, 0.15) is 13.3 Å². The van der Waals surface area contributed by atoms with Gasteiger partial charge in [-0.05, 0) is 30.7 Å². The minimum atomic E-state index is -0.427. The zero-order chi connectivity index (χ0) is 15.2. The van der Waals surface area contributed by atoms with Gasteiger partial charge in [0.1, 0.15) is 5.82 Å². The highest BCUT2D eigenvalue weighted by Crippen LogP contribution is 2.34. The minimum Gasteiger partial charge on any atom is -0.370 e. The topological polar surface area (TPSA) is 68.1 Å². The van der Waals surface area contributed by atoms with E-state index in [0.717, 1.165) is 17.9 Å². The molecule has 0 saturated heterocycles. The Morgan fingerprint density at radius 1 is 1.38 bits per heavy atom. The molecule has 0 saturated carbocycles. The highest BCUT2D eigenvalue weighted by molar-refractivity contribution is 7.99. The zero-order valence-corrected chi connectivity index (χ0v) is 12.9. The summed E-state index contributed by atoms with van der Waals surface area (Å²) < 4.78 is 0. The number of anilines is 1. The molecule has 0 aliphatic heterocycles. The Morgan fingerprint density at radius 2 is 2.19 bits per heavy atom. The number of pyridine rings is 1. The molecule has 1 heterocycles. The first-order chi connectivity index (χ1) is 10.1. The van der Waals surface area contributed by atoms with Crippen LogP contribution in [-0.2, 0) is 0 Å². The average molecular weight is 324 g/mol. The van der Waals surface area contributed by atoms with Crippen LogP contribution in [0.2, 0.25) is 5.02 Å². The monoisotopic (exact) mass is 323 g/mol. The fourth-order valence-electron chi connectivity index (χ4n) is 1.64. The molecule has 0 bridgehead atoms. The lowest BCUT2D eigenvalue weighted by atomic mass is 10.4. The molecule has 1 N–H and O–H groups in total. The first-order valence-electron chi connectivity index (χ1n) is 6.43. The fraction of sp³-hybridized carbons (Fsp3) is 0.214. The fourth-order valence-corrected chi connectivity index (χ4v) is 2.84. The van der Waals surface area contributed by atoms with E-state index in [1.165, 1.54) is 17.8 Å². The lowest BCUT2D eigenvalue weighted by molar-refractivity contribution is -0.388. The van der Waals surface area contributed by atoms with Crippen molar-refractivity contribution < 1.29 is 4.92 Å². The number of hydrogen-bond acceptors (Lipinski definition) is 5. The number of halogens is 1. The second kappa shape index (κ2) is 7.28. The molecule has 0 atom stereocenters. The lowest BCUT2D eigenvalue weighted by Gasteiger charge is -2.07. The third kappa shape index (κ3) is 4.34. The Morgan fingerprint density at radius 3 is 2.86 bits per heavy atom. The molecule has 21 heavy (non-hydrogen) atoms. The van der Waals surface area contributed by atoms with Crippen molar-refractivity contribution in [2.75, 3.05) is 11.9 Å². The third-order valence-electron chi connectivity index (χ3n) is 2.60. The largest absolute Gasteiger partial charge is 0.370 e. The molecule has 1 aromatic heterocycles. The van der Waals surface area contributed by atoms with Crippen LogP contribution in [-0.4, -0.2) is 16.5 Å². The van der Waals surface area contributed by atoms with E-state index >= 15 is 0 Å². The van der Waals surface area contributed by atoms with E-state index in [1.54, 1.807) is 24.3 Å². The molecule has 7 heteroatoms. The highest BCUT2D eigenvalue weighted by atomic mass is 35.5. The molecule has 0 aliphatic rings. The van der Waals surface area contributed by atoms with Gasteiger partial charge in [-0.3, -0.25) is 10.1 Å². The molecule has 0 spiro atoms. The molecule has 0 amide bonds. The number of benzene rings is 1. The second-order valence-electron chi connectivity index (χ2n) is 4.26. The molecule has 1 aromatic carbocycles. The van der Waals surface area contributed by atoms with Crippen molar-refractivity contribution in [1.29, 1.82) is 0 Å². The van der Waals surface area contributed by atoms with Gasteiger partial charge in [0.25, 0.3) is 0 Å². The SMILES string of the molecule is CCCNc1ccc([N+](=O)[O-])c(Sc2cccc(Cl)c2)n1. The lowest BCUT2D eigenvalue weighted by Crippen LogP contribution is -2.03. The van der Waals surface area contributed by atoms with E-state index in [0.29, 0.717) is 15.9 Å². The molecule has 2 rings (SSSR count). The summed E-state index contributed by atoms with van der Waals surface area (Å²) in [5, 5.41) is 15.2. The number of aromatic nitrogens is 1. The highest BCUT2D eigenvalue weighted by Gasteiger charge is 2.17. The van der Waals surface area contributed by atoms with E-state index in [2.05, 4.69) is 10.3 Å².